The van der Waals surface area contributed by atoms with Gasteiger partial charge in [0.05, 0.1) is 25.8 Å². The summed E-state index contributed by atoms with van der Waals surface area (Å²) in [5.41, 5.74) is 6.80. The van der Waals surface area contributed by atoms with Crippen molar-refractivity contribution in [3.05, 3.63) is 12.1 Å². The van der Waals surface area contributed by atoms with Crippen LogP contribution in [-0.4, -0.2) is 48.5 Å². The fourth-order valence-corrected chi connectivity index (χ4v) is 2.84. The average Bonchev–Trinajstić information content (AvgIpc) is 2.56. The van der Waals surface area contributed by atoms with Crippen molar-refractivity contribution in [2.75, 3.05) is 37.9 Å². The van der Waals surface area contributed by atoms with Crippen LogP contribution in [0, 0.1) is 5.92 Å². The number of nitrogens with zero attached hydrogens (tertiary/aromatic N) is 3. The van der Waals surface area contributed by atoms with Gasteiger partial charge in [-0.15, -0.1) is 0 Å². The molecule has 7 nitrogen and oxygen atoms in total. The van der Waals surface area contributed by atoms with Gasteiger partial charge in [-0.3, -0.25) is 0 Å². The maximum absolute atomic E-state index is 10.1. The molecule has 1 fully saturated rings. The van der Waals surface area contributed by atoms with E-state index >= 15 is 0 Å². The number of nitrogen functional groups attached to an aromatic ring is 1. The van der Waals surface area contributed by atoms with Crippen LogP contribution < -0.4 is 20.1 Å². The van der Waals surface area contributed by atoms with E-state index in [4.69, 9.17) is 15.2 Å². The number of ether oxygens (including phenoxy) is 2. The Morgan fingerprint density at radius 3 is 2.57 bits per heavy atom. The molecular weight excluding hydrogens is 296 g/mol. The monoisotopic (exact) mass is 318 g/mol. The normalized spacial score (nSPS) is 21.5. The molecule has 0 spiro atoms. The highest BCUT2D eigenvalue weighted by Crippen LogP contribution is 2.34. The molecule has 2 heterocycles. The zero-order valence-electron chi connectivity index (χ0n) is 13.6. The molecule has 0 saturated carbocycles. The van der Waals surface area contributed by atoms with E-state index in [9.17, 15) is 5.11 Å². The van der Waals surface area contributed by atoms with Gasteiger partial charge in [-0.25, -0.2) is 4.98 Å². The lowest BCUT2D eigenvalue weighted by Crippen LogP contribution is -2.43. The number of hydrogen-bond donors (Lipinski definition) is 2. The summed E-state index contributed by atoms with van der Waals surface area (Å²) in [5, 5.41) is 10.8. The van der Waals surface area contributed by atoms with Crippen LogP contribution in [0.4, 0.5) is 11.8 Å². The highest BCUT2D eigenvalue weighted by molar-refractivity contribution is 5.91. The lowest BCUT2D eigenvalue weighted by Gasteiger charge is -2.34. The number of fused-ring (bicyclic) bond motifs is 1. The molecule has 1 aromatic heterocycles. The van der Waals surface area contributed by atoms with Crippen LogP contribution in [-0.2, 0) is 0 Å². The first-order chi connectivity index (χ1) is 11.0. The highest BCUT2D eigenvalue weighted by atomic mass is 16.5. The number of anilines is 2. The quantitative estimate of drug-likeness (QED) is 0.884. The lowest BCUT2D eigenvalue weighted by molar-refractivity contribution is 0.102. The number of aliphatic hydroxyl groups excluding tert-OH is 1. The van der Waals surface area contributed by atoms with Gasteiger partial charge in [0.2, 0.25) is 5.95 Å². The molecule has 2 unspecified atom stereocenters. The van der Waals surface area contributed by atoms with Gasteiger partial charge in [-0.2, -0.15) is 4.98 Å². The van der Waals surface area contributed by atoms with E-state index < -0.39 is 0 Å². The van der Waals surface area contributed by atoms with Crippen LogP contribution in [0.1, 0.15) is 13.3 Å². The summed E-state index contributed by atoms with van der Waals surface area (Å²) in [4.78, 5) is 11.0. The molecular formula is C16H22N4O3. The number of nitrogens with two attached hydrogens (primary N) is 1. The Bertz CT molecular complexity index is 722. The number of aliphatic hydroxyl groups is 1. The first-order valence-electron chi connectivity index (χ1n) is 7.65. The molecule has 2 atom stereocenters. The van der Waals surface area contributed by atoms with Gasteiger partial charge in [-0.05, 0) is 18.4 Å². The Labute approximate surface area is 135 Å². The molecule has 0 aliphatic carbocycles. The van der Waals surface area contributed by atoms with E-state index in [0.717, 1.165) is 18.4 Å². The Kier molecular flexibility index (Phi) is 4.12. The van der Waals surface area contributed by atoms with Crippen molar-refractivity contribution in [2.45, 2.75) is 19.4 Å². The van der Waals surface area contributed by atoms with Crippen molar-refractivity contribution in [2.24, 2.45) is 5.92 Å². The second kappa shape index (κ2) is 6.08. The van der Waals surface area contributed by atoms with Gasteiger partial charge in [0.15, 0.2) is 11.5 Å². The number of β-amino-alcohol motifs (C(OH)–C–C–N with tert-alkyl or cyclic N) is 1. The highest BCUT2D eigenvalue weighted by Gasteiger charge is 2.26. The van der Waals surface area contributed by atoms with Crippen molar-refractivity contribution >= 4 is 22.7 Å². The van der Waals surface area contributed by atoms with Gasteiger partial charge in [-0.1, -0.05) is 6.92 Å². The second-order valence-corrected chi connectivity index (χ2v) is 5.91. The molecule has 0 bridgehead atoms. The Balaban J connectivity index is 2.03. The van der Waals surface area contributed by atoms with E-state index in [2.05, 4.69) is 16.9 Å². The van der Waals surface area contributed by atoms with Crippen LogP contribution >= 0.6 is 0 Å². The summed E-state index contributed by atoms with van der Waals surface area (Å²) in [6, 6.07) is 3.57. The number of rotatable bonds is 3. The third-order valence-corrected chi connectivity index (χ3v) is 4.42. The van der Waals surface area contributed by atoms with Crippen molar-refractivity contribution in [1.29, 1.82) is 0 Å². The number of aromatic nitrogens is 2. The molecule has 0 radical (unpaired) electrons. The number of methoxy groups -OCH3 is 2. The predicted octanol–water partition coefficient (Wildman–Crippen LogP) is 1.44. The first-order valence-corrected chi connectivity index (χ1v) is 7.65. The third-order valence-electron chi connectivity index (χ3n) is 4.42. The largest absolute Gasteiger partial charge is 0.493 e. The third kappa shape index (κ3) is 2.84. The van der Waals surface area contributed by atoms with Crippen LogP contribution in [0.25, 0.3) is 10.9 Å². The lowest BCUT2D eigenvalue weighted by atomic mass is 9.96. The summed E-state index contributed by atoms with van der Waals surface area (Å²) in [5.74, 6) is 2.39. The summed E-state index contributed by atoms with van der Waals surface area (Å²) in [6.45, 7) is 3.37. The standard InChI is InChI=1S/C16H22N4O3/c1-9-4-5-20(8-12(9)21)16-18-11-7-14(23-3)13(22-2)6-10(11)15(17)19-16/h6-7,9,12,21H,4-5,8H2,1-3H3,(H2,17,18,19). The van der Waals surface area contributed by atoms with Gasteiger partial charge in [0, 0.05) is 24.5 Å². The van der Waals surface area contributed by atoms with Crippen molar-refractivity contribution in [3.8, 4) is 11.5 Å². The molecule has 1 aromatic carbocycles. The van der Waals surface area contributed by atoms with E-state index in [1.165, 1.54) is 0 Å². The summed E-state index contributed by atoms with van der Waals surface area (Å²) in [7, 11) is 3.16. The molecule has 2 aromatic rings. The van der Waals surface area contributed by atoms with Crippen LogP contribution in [0.5, 0.6) is 11.5 Å². The summed E-state index contributed by atoms with van der Waals surface area (Å²) >= 11 is 0. The molecule has 1 aliphatic rings. The maximum Gasteiger partial charge on any atom is 0.227 e. The SMILES string of the molecule is COc1cc2nc(N3CCC(C)C(O)C3)nc(N)c2cc1OC. The zero-order chi connectivity index (χ0) is 16.6. The van der Waals surface area contributed by atoms with Crippen molar-refractivity contribution in [3.63, 3.8) is 0 Å². The van der Waals surface area contributed by atoms with Crippen LogP contribution in [0.2, 0.25) is 0 Å². The molecule has 3 N–H and O–H groups in total. The van der Waals surface area contributed by atoms with Crippen LogP contribution in [0.15, 0.2) is 12.1 Å². The minimum Gasteiger partial charge on any atom is -0.493 e. The van der Waals surface area contributed by atoms with Gasteiger partial charge >= 0.3 is 0 Å². The smallest absolute Gasteiger partial charge is 0.227 e. The molecule has 1 saturated heterocycles. The topological polar surface area (TPSA) is 93.7 Å². The van der Waals surface area contributed by atoms with Crippen LogP contribution in [0.3, 0.4) is 0 Å². The minimum absolute atomic E-state index is 0.286. The first kappa shape index (κ1) is 15.6. The molecule has 3 rings (SSSR count). The number of benzene rings is 1. The van der Waals surface area contributed by atoms with Crippen molar-refractivity contribution < 1.29 is 14.6 Å². The average molecular weight is 318 g/mol. The molecule has 7 heteroatoms. The number of hydrogen-bond acceptors (Lipinski definition) is 7. The van der Waals surface area contributed by atoms with E-state index in [-0.39, 0.29) is 12.0 Å². The Morgan fingerprint density at radius 1 is 1.22 bits per heavy atom. The second-order valence-electron chi connectivity index (χ2n) is 5.91. The summed E-state index contributed by atoms with van der Waals surface area (Å²) in [6.07, 6.45) is 0.517. The minimum atomic E-state index is -0.380. The van der Waals surface area contributed by atoms with E-state index in [0.29, 0.717) is 35.3 Å². The Hall–Kier alpha value is -2.28. The molecule has 124 valence electrons. The molecule has 1 aliphatic heterocycles. The molecule has 0 amide bonds. The van der Waals surface area contributed by atoms with E-state index in [1.807, 2.05) is 4.90 Å². The Morgan fingerprint density at radius 2 is 1.91 bits per heavy atom. The van der Waals surface area contributed by atoms with Gasteiger partial charge in [0.1, 0.15) is 5.82 Å². The zero-order valence-corrected chi connectivity index (χ0v) is 13.6. The van der Waals surface area contributed by atoms with E-state index in [1.54, 1.807) is 26.4 Å². The van der Waals surface area contributed by atoms with Crippen molar-refractivity contribution in [1.82, 2.24) is 9.97 Å². The number of piperidine rings is 1. The maximum atomic E-state index is 10.1. The van der Waals surface area contributed by atoms with Gasteiger partial charge in [0.25, 0.3) is 0 Å². The predicted molar refractivity (Wildman–Crippen MR) is 89.1 cm³/mol. The fourth-order valence-electron chi connectivity index (χ4n) is 2.84. The fraction of sp³-hybridized carbons (Fsp3) is 0.500. The van der Waals surface area contributed by atoms with Gasteiger partial charge < -0.3 is 25.2 Å². The summed E-state index contributed by atoms with van der Waals surface area (Å²) < 4.78 is 10.6. The molecule has 23 heavy (non-hydrogen) atoms.